The first-order valence-electron chi connectivity index (χ1n) is 13.6. The van der Waals surface area contributed by atoms with Crippen LogP contribution in [0.2, 0.25) is 0 Å². The van der Waals surface area contributed by atoms with Crippen molar-refractivity contribution in [1.29, 1.82) is 0 Å². The monoisotopic (exact) mass is 498 g/mol. The fourth-order valence-corrected chi connectivity index (χ4v) is 9.41. The molecule has 196 valence electrons. The molecule has 1 aromatic rings. The summed E-state index contributed by atoms with van der Waals surface area (Å²) in [7, 11) is 0. The molecule has 2 N–H and O–H groups in total. The van der Waals surface area contributed by atoms with Gasteiger partial charge in [0.05, 0.1) is 30.8 Å². The van der Waals surface area contributed by atoms with Crippen LogP contribution in [0.5, 0.6) is 0 Å². The topological polar surface area (TPSA) is 102 Å². The summed E-state index contributed by atoms with van der Waals surface area (Å²) in [5.74, 6) is -1.83. The van der Waals surface area contributed by atoms with E-state index in [2.05, 4.69) is 13.8 Å². The molecular weight excluding hydrogens is 460 g/mol. The minimum absolute atomic E-state index is 0.00561. The Labute approximate surface area is 212 Å². The number of aliphatic hydroxyl groups excluding tert-OH is 1. The van der Waals surface area contributed by atoms with Crippen molar-refractivity contribution in [1.82, 2.24) is 0 Å². The van der Waals surface area contributed by atoms with Crippen molar-refractivity contribution in [3.8, 4) is 0 Å². The molecule has 1 heterocycles. The number of fused-ring (bicyclic) bond motifs is 5. The molecule has 6 unspecified atom stereocenters. The predicted octanol–water partition coefficient (Wildman–Crippen LogP) is 4.28. The summed E-state index contributed by atoms with van der Waals surface area (Å²) in [6, 6.07) is 9.09. The van der Waals surface area contributed by atoms with E-state index in [9.17, 15) is 19.8 Å². The van der Waals surface area contributed by atoms with Gasteiger partial charge in [0.1, 0.15) is 6.10 Å². The molecule has 1 aliphatic heterocycles. The quantitative estimate of drug-likeness (QED) is 0.600. The molecule has 5 fully saturated rings. The van der Waals surface area contributed by atoms with Crippen LogP contribution in [0.15, 0.2) is 30.3 Å². The number of ether oxygens (including phenoxy) is 3. The second kappa shape index (κ2) is 8.53. The van der Waals surface area contributed by atoms with Crippen molar-refractivity contribution in [2.24, 2.45) is 40.4 Å². The molecule has 6 rings (SSSR count). The smallest absolute Gasteiger partial charge is 0.338 e. The number of carboxylic acids is 1. The zero-order valence-corrected chi connectivity index (χ0v) is 21.2. The molecule has 7 heteroatoms. The van der Waals surface area contributed by atoms with Gasteiger partial charge in [-0.1, -0.05) is 32.0 Å². The number of aliphatic carboxylic acids is 1. The summed E-state index contributed by atoms with van der Waals surface area (Å²) in [4.78, 5) is 25.4. The van der Waals surface area contributed by atoms with E-state index in [0.717, 1.165) is 19.3 Å². The molecule has 0 radical (unpaired) electrons. The van der Waals surface area contributed by atoms with E-state index in [4.69, 9.17) is 14.2 Å². The normalized spacial score (nSPS) is 44.9. The molecular formula is C29H38O7. The molecule has 7 nitrogen and oxygen atoms in total. The molecule has 4 aliphatic carbocycles. The largest absolute Gasteiger partial charge is 0.481 e. The van der Waals surface area contributed by atoms with Crippen LogP contribution < -0.4 is 0 Å². The lowest BCUT2D eigenvalue weighted by atomic mass is 9.43. The SMILES string of the molecule is CC12C[C@@H](O)C3C(C[C@@H](OC(=O)c4ccccc4)[C@@H]4CC5(CCC34C)OCCO5)C1CCC2C(=O)O. The highest BCUT2D eigenvalue weighted by molar-refractivity contribution is 5.89. The lowest BCUT2D eigenvalue weighted by Crippen LogP contribution is -2.64. The molecule has 0 amide bonds. The molecule has 1 spiro atoms. The number of hydrogen-bond donors (Lipinski definition) is 2. The van der Waals surface area contributed by atoms with E-state index in [1.165, 1.54) is 0 Å². The Bertz CT molecular complexity index is 1020. The Hall–Kier alpha value is -1.96. The van der Waals surface area contributed by atoms with Gasteiger partial charge in [0.2, 0.25) is 0 Å². The molecule has 0 aromatic heterocycles. The third kappa shape index (κ3) is 3.57. The molecule has 36 heavy (non-hydrogen) atoms. The average Bonchev–Trinajstić information content (AvgIpc) is 3.44. The van der Waals surface area contributed by atoms with E-state index >= 15 is 0 Å². The van der Waals surface area contributed by atoms with Gasteiger partial charge in [0.25, 0.3) is 0 Å². The van der Waals surface area contributed by atoms with Gasteiger partial charge >= 0.3 is 11.9 Å². The fourth-order valence-electron chi connectivity index (χ4n) is 9.41. The summed E-state index contributed by atoms with van der Waals surface area (Å²) in [5, 5.41) is 21.6. The van der Waals surface area contributed by atoms with Crippen molar-refractivity contribution < 1.29 is 34.0 Å². The van der Waals surface area contributed by atoms with Gasteiger partial charge in [-0.2, -0.15) is 0 Å². The molecule has 5 aliphatic rings. The van der Waals surface area contributed by atoms with Crippen LogP contribution in [0.3, 0.4) is 0 Å². The maximum absolute atomic E-state index is 13.2. The third-order valence-corrected chi connectivity index (χ3v) is 11.0. The minimum Gasteiger partial charge on any atom is -0.481 e. The zero-order valence-electron chi connectivity index (χ0n) is 21.2. The summed E-state index contributed by atoms with van der Waals surface area (Å²) in [5.41, 5.74) is -0.176. The minimum atomic E-state index is -0.757. The van der Waals surface area contributed by atoms with Crippen LogP contribution in [0, 0.1) is 40.4 Å². The predicted molar refractivity (Wildman–Crippen MR) is 130 cm³/mol. The first-order valence-corrected chi connectivity index (χ1v) is 13.6. The Kier molecular flexibility index (Phi) is 5.78. The summed E-state index contributed by atoms with van der Waals surface area (Å²) >= 11 is 0. The van der Waals surface area contributed by atoms with E-state index in [1.807, 2.05) is 18.2 Å². The van der Waals surface area contributed by atoms with Gasteiger partial charge in [-0.25, -0.2) is 4.79 Å². The molecule has 4 saturated carbocycles. The summed E-state index contributed by atoms with van der Waals surface area (Å²) < 4.78 is 18.5. The average molecular weight is 499 g/mol. The first kappa shape index (κ1) is 24.4. The van der Waals surface area contributed by atoms with Crippen molar-refractivity contribution in [3.05, 3.63) is 35.9 Å². The van der Waals surface area contributed by atoms with Crippen LogP contribution in [0.25, 0.3) is 0 Å². The third-order valence-electron chi connectivity index (χ3n) is 11.0. The number of rotatable bonds is 3. The number of aliphatic hydroxyl groups is 1. The van der Waals surface area contributed by atoms with Crippen LogP contribution >= 0.6 is 0 Å². The number of benzene rings is 1. The van der Waals surface area contributed by atoms with Crippen LogP contribution in [-0.4, -0.2) is 53.4 Å². The highest BCUT2D eigenvalue weighted by Gasteiger charge is 2.67. The van der Waals surface area contributed by atoms with Gasteiger partial charge in [0, 0.05) is 18.8 Å². The van der Waals surface area contributed by atoms with Crippen molar-refractivity contribution in [3.63, 3.8) is 0 Å². The Morgan fingerprint density at radius 1 is 0.972 bits per heavy atom. The van der Waals surface area contributed by atoms with E-state index in [1.54, 1.807) is 12.1 Å². The zero-order chi connectivity index (χ0) is 25.3. The molecule has 1 saturated heterocycles. The highest BCUT2D eigenvalue weighted by Crippen LogP contribution is 2.68. The van der Waals surface area contributed by atoms with Gasteiger partial charge in [-0.15, -0.1) is 0 Å². The summed E-state index contributed by atoms with van der Waals surface area (Å²) in [6.45, 7) is 5.47. The van der Waals surface area contributed by atoms with Crippen molar-refractivity contribution in [2.45, 2.75) is 76.8 Å². The first-order chi connectivity index (χ1) is 17.2. The van der Waals surface area contributed by atoms with Crippen LogP contribution in [0.4, 0.5) is 0 Å². The number of carbonyl (C=O) groups is 2. The van der Waals surface area contributed by atoms with E-state index in [0.29, 0.717) is 44.5 Å². The van der Waals surface area contributed by atoms with Gasteiger partial charge in [-0.3, -0.25) is 4.79 Å². The van der Waals surface area contributed by atoms with Gasteiger partial charge in [0.15, 0.2) is 5.79 Å². The molecule has 1 aromatic carbocycles. The van der Waals surface area contributed by atoms with Gasteiger partial charge in [-0.05, 0) is 72.8 Å². The Morgan fingerprint density at radius 2 is 1.69 bits per heavy atom. The number of esters is 1. The molecule has 9 atom stereocenters. The highest BCUT2D eigenvalue weighted by atomic mass is 16.7. The van der Waals surface area contributed by atoms with Crippen LogP contribution in [0.1, 0.15) is 69.2 Å². The second-order valence-corrected chi connectivity index (χ2v) is 12.5. The lowest BCUT2D eigenvalue weighted by molar-refractivity contribution is -0.261. The van der Waals surface area contributed by atoms with E-state index in [-0.39, 0.29) is 41.2 Å². The van der Waals surface area contributed by atoms with Crippen LogP contribution in [-0.2, 0) is 19.0 Å². The van der Waals surface area contributed by atoms with Crippen molar-refractivity contribution >= 4 is 11.9 Å². The second-order valence-electron chi connectivity index (χ2n) is 12.5. The standard InChI is InChI=1S/C29H38O7/c1-27-10-11-29(34-12-13-35-29)15-21(27)23(36-26(33)17-6-4-3-5-7-17)14-18-19-8-9-20(25(31)32)28(19,2)16-22(30)24(18)27/h3-7,18-24,30H,8-16H2,1-2H3,(H,31,32)/t18?,19?,20?,21-,22+,23+,24?,27?,28?/m0/s1. The molecule has 0 bridgehead atoms. The maximum Gasteiger partial charge on any atom is 0.338 e. The fraction of sp³-hybridized carbons (Fsp3) is 0.724. The van der Waals surface area contributed by atoms with Gasteiger partial charge < -0.3 is 24.4 Å². The number of hydrogen-bond acceptors (Lipinski definition) is 6. The number of carboxylic acid groups (broad SMARTS) is 1. The van der Waals surface area contributed by atoms with Crippen molar-refractivity contribution in [2.75, 3.05) is 13.2 Å². The van der Waals surface area contributed by atoms with E-state index < -0.39 is 29.2 Å². The lowest BCUT2D eigenvalue weighted by Gasteiger charge is -2.64. The Balaban J connectivity index is 1.37. The Morgan fingerprint density at radius 3 is 2.39 bits per heavy atom. The maximum atomic E-state index is 13.2. The number of carbonyl (C=O) groups excluding carboxylic acids is 1. The summed E-state index contributed by atoms with van der Waals surface area (Å²) in [6.07, 6.45) is 3.96.